The van der Waals surface area contributed by atoms with Crippen molar-refractivity contribution in [3.05, 3.63) is 17.7 Å². The lowest BCUT2D eigenvalue weighted by molar-refractivity contribution is 0.0690. The fourth-order valence-corrected chi connectivity index (χ4v) is 2.49. The second-order valence-electron chi connectivity index (χ2n) is 6.28. The number of aromatic nitrogens is 2. The van der Waals surface area contributed by atoms with Gasteiger partial charge in [-0.05, 0) is 25.1 Å². The first-order chi connectivity index (χ1) is 8.54. The summed E-state index contributed by atoms with van der Waals surface area (Å²) >= 11 is 0. The van der Waals surface area contributed by atoms with Crippen molar-refractivity contribution in [1.29, 1.82) is 0 Å². The van der Waals surface area contributed by atoms with Crippen molar-refractivity contribution in [2.45, 2.75) is 52.4 Å². The fourth-order valence-electron chi connectivity index (χ4n) is 1.45. The lowest BCUT2D eigenvalue weighted by Crippen LogP contribution is -2.41. The van der Waals surface area contributed by atoms with Gasteiger partial charge < -0.3 is 14.1 Å². The lowest BCUT2D eigenvalue weighted by atomic mass is 10.2. The van der Waals surface area contributed by atoms with Crippen LogP contribution in [-0.2, 0) is 11.0 Å². The highest BCUT2D eigenvalue weighted by atomic mass is 28.4. The van der Waals surface area contributed by atoms with E-state index in [-0.39, 0.29) is 10.7 Å². The second-order valence-corrected chi connectivity index (χ2v) is 11.1. The molecule has 0 spiro atoms. The largest absolute Gasteiger partial charge is 0.476 e. The van der Waals surface area contributed by atoms with E-state index in [1.807, 2.05) is 4.57 Å². The molecular formula is C13H24N2O3Si. The normalized spacial score (nSPS) is 12.7. The lowest BCUT2D eigenvalue weighted by Gasteiger charge is -2.36. The summed E-state index contributed by atoms with van der Waals surface area (Å²) in [6.07, 6.45) is 1.56. The number of rotatable bonds is 5. The summed E-state index contributed by atoms with van der Waals surface area (Å²) in [5.41, 5.74) is 0.0878. The van der Waals surface area contributed by atoms with Gasteiger partial charge in [-0.15, -0.1) is 0 Å². The maximum absolute atomic E-state index is 10.8. The highest BCUT2D eigenvalue weighted by molar-refractivity contribution is 6.74. The van der Waals surface area contributed by atoms with Crippen LogP contribution < -0.4 is 0 Å². The maximum atomic E-state index is 10.8. The summed E-state index contributed by atoms with van der Waals surface area (Å²) < 4.78 is 7.90. The molecular weight excluding hydrogens is 260 g/mol. The summed E-state index contributed by atoms with van der Waals surface area (Å²) in [7, 11) is -1.74. The Hall–Kier alpha value is -1.14. The van der Waals surface area contributed by atoms with Crippen LogP contribution >= 0.6 is 0 Å². The highest BCUT2D eigenvalue weighted by Crippen LogP contribution is 2.36. The first-order valence-corrected chi connectivity index (χ1v) is 9.36. The minimum atomic E-state index is -1.74. The van der Waals surface area contributed by atoms with Crippen LogP contribution in [0.1, 0.15) is 37.1 Å². The number of nitrogens with zero attached hydrogens (tertiary/aromatic N) is 2. The molecule has 0 bridgehead atoms. The van der Waals surface area contributed by atoms with Crippen molar-refractivity contribution in [3.63, 3.8) is 0 Å². The highest BCUT2D eigenvalue weighted by Gasteiger charge is 2.36. The average Bonchev–Trinajstić information content (AvgIpc) is 2.58. The Kier molecular flexibility index (Phi) is 4.57. The van der Waals surface area contributed by atoms with Gasteiger partial charge in [0.2, 0.25) is 0 Å². The Morgan fingerprint density at radius 3 is 2.47 bits per heavy atom. The van der Waals surface area contributed by atoms with Crippen LogP contribution in [0.4, 0.5) is 0 Å². The summed E-state index contributed by atoms with van der Waals surface area (Å²) in [5.74, 6) is -0.289. The summed E-state index contributed by atoms with van der Waals surface area (Å²) in [5, 5.41) is 9.07. The van der Waals surface area contributed by atoms with E-state index >= 15 is 0 Å². The predicted molar refractivity (Wildman–Crippen MR) is 77.1 cm³/mol. The molecule has 0 aliphatic rings. The third-order valence-electron chi connectivity index (χ3n) is 3.80. The molecule has 0 fully saturated rings. The van der Waals surface area contributed by atoms with Gasteiger partial charge in [0.15, 0.2) is 14.0 Å². The van der Waals surface area contributed by atoms with Crippen LogP contribution in [0.2, 0.25) is 18.1 Å². The van der Waals surface area contributed by atoms with Gasteiger partial charge in [-0.1, -0.05) is 20.8 Å². The molecule has 1 aromatic rings. The smallest absolute Gasteiger partial charge is 0.356 e. The zero-order chi connectivity index (χ0) is 14.8. The number of carboxylic acids is 1. The number of hydrogen-bond donors (Lipinski definition) is 1. The monoisotopic (exact) mass is 284 g/mol. The Bertz CT molecular complexity index is 461. The third-order valence-corrected chi connectivity index (χ3v) is 8.33. The molecule has 1 heterocycles. The maximum Gasteiger partial charge on any atom is 0.356 e. The molecule has 19 heavy (non-hydrogen) atoms. The topological polar surface area (TPSA) is 64.3 Å². The van der Waals surface area contributed by atoms with Gasteiger partial charge in [-0.25, -0.2) is 9.78 Å². The van der Waals surface area contributed by atoms with E-state index in [1.54, 1.807) is 13.1 Å². The first-order valence-electron chi connectivity index (χ1n) is 6.45. The van der Waals surface area contributed by atoms with E-state index in [9.17, 15) is 4.79 Å². The number of imidazole rings is 1. The quantitative estimate of drug-likeness (QED) is 0.844. The minimum absolute atomic E-state index is 0.0878. The number of aromatic carboxylic acids is 1. The molecule has 0 aromatic carbocycles. The number of carbonyl (C=O) groups is 1. The molecule has 1 rings (SSSR count). The van der Waals surface area contributed by atoms with E-state index in [0.29, 0.717) is 19.0 Å². The van der Waals surface area contributed by atoms with E-state index in [1.165, 1.54) is 0 Å². The molecule has 0 aliphatic heterocycles. The number of hydrogen-bond acceptors (Lipinski definition) is 3. The van der Waals surface area contributed by atoms with E-state index in [0.717, 1.165) is 0 Å². The SMILES string of the molecule is Cc1nc(C(=O)O)cn1CCO[Si](C)(C)C(C)(C)C. The van der Waals surface area contributed by atoms with Crippen LogP contribution in [-0.4, -0.2) is 35.6 Å². The van der Waals surface area contributed by atoms with E-state index in [4.69, 9.17) is 9.53 Å². The van der Waals surface area contributed by atoms with Crippen LogP contribution in [0.15, 0.2) is 6.20 Å². The van der Waals surface area contributed by atoms with E-state index < -0.39 is 14.3 Å². The molecule has 1 aromatic heterocycles. The van der Waals surface area contributed by atoms with Crippen molar-refractivity contribution in [2.75, 3.05) is 6.61 Å². The van der Waals surface area contributed by atoms with Gasteiger partial charge in [-0.3, -0.25) is 0 Å². The zero-order valence-electron chi connectivity index (χ0n) is 12.6. The Morgan fingerprint density at radius 2 is 2.05 bits per heavy atom. The number of carboxylic acid groups (broad SMARTS) is 1. The summed E-state index contributed by atoms with van der Waals surface area (Å²) in [6.45, 7) is 14.0. The first kappa shape index (κ1) is 15.9. The van der Waals surface area contributed by atoms with Crippen LogP contribution in [0.5, 0.6) is 0 Å². The summed E-state index contributed by atoms with van der Waals surface area (Å²) in [6, 6.07) is 0. The molecule has 1 N–H and O–H groups in total. The van der Waals surface area contributed by atoms with Crippen LogP contribution in [0, 0.1) is 6.92 Å². The molecule has 108 valence electrons. The second kappa shape index (κ2) is 5.46. The molecule has 0 saturated carbocycles. The van der Waals surface area contributed by atoms with Crippen molar-refractivity contribution in [2.24, 2.45) is 0 Å². The predicted octanol–water partition coefficient (Wildman–Crippen LogP) is 2.91. The minimum Gasteiger partial charge on any atom is -0.476 e. The van der Waals surface area contributed by atoms with Gasteiger partial charge in [-0.2, -0.15) is 0 Å². The van der Waals surface area contributed by atoms with Gasteiger partial charge >= 0.3 is 5.97 Å². The molecule has 0 aliphatic carbocycles. The fraction of sp³-hybridized carbons (Fsp3) is 0.692. The summed E-state index contributed by atoms with van der Waals surface area (Å²) in [4.78, 5) is 14.8. The van der Waals surface area contributed by atoms with Crippen molar-refractivity contribution < 1.29 is 14.3 Å². The van der Waals surface area contributed by atoms with Crippen LogP contribution in [0.25, 0.3) is 0 Å². The van der Waals surface area contributed by atoms with Gasteiger partial charge in [0.25, 0.3) is 0 Å². The van der Waals surface area contributed by atoms with Crippen molar-refractivity contribution in [1.82, 2.24) is 9.55 Å². The van der Waals surface area contributed by atoms with Crippen molar-refractivity contribution >= 4 is 14.3 Å². The Balaban J connectivity index is 2.61. The molecule has 0 amide bonds. The molecule has 0 atom stereocenters. The molecule has 0 unspecified atom stereocenters. The van der Waals surface area contributed by atoms with Gasteiger partial charge in [0.1, 0.15) is 5.82 Å². The molecule has 0 saturated heterocycles. The van der Waals surface area contributed by atoms with Gasteiger partial charge in [0.05, 0.1) is 6.61 Å². The Morgan fingerprint density at radius 1 is 1.47 bits per heavy atom. The molecule has 5 nitrogen and oxygen atoms in total. The zero-order valence-corrected chi connectivity index (χ0v) is 13.6. The number of aryl methyl sites for hydroxylation is 1. The molecule has 0 radical (unpaired) electrons. The van der Waals surface area contributed by atoms with Crippen LogP contribution in [0.3, 0.4) is 0 Å². The van der Waals surface area contributed by atoms with E-state index in [2.05, 4.69) is 38.8 Å². The Labute approximate surface area is 115 Å². The van der Waals surface area contributed by atoms with Gasteiger partial charge in [0, 0.05) is 12.7 Å². The third kappa shape index (κ3) is 3.91. The average molecular weight is 284 g/mol. The van der Waals surface area contributed by atoms with Crippen molar-refractivity contribution in [3.8, 4) is 0 Å². The molecule has 6 heteroatoms. The standard InChI is InChI=1S/C13H24N2O3Si/c1-10-14-11(12(16)17)9-15(10)7-8-18-19(5,6)13(2,3)4/h9H,7-8H2,1-6H3,(H,16,17).